The third-order valence-corrected chi connectivity index (χ3v) is 4.18. The lowest BCUT2D eigenvalue weighted by atomic mass is 9.77. The van der Waals surface area contributed by atoms with Gasteiger partial charge in [0.2, 0.25) is 0 Å². The predicted molar refractivity (Wildman–Crippen MR) is 85.4 cm³/mol. The summed E-state index contributed by atoms with van der Waals surface area (Å²) in [7, 11) is 0. The van der Waals surface area contributed by atoms with Crippen LogP contribution in [0.5, 0.6) is 0 Å². The smallest absolute Gasteiger partial charge is 0.123 e. The summed E-state index contributed by atoms with van der Waals surface area (Å²) >= 11 is 0. The molecule has 0 aliphatic carbocycles. The highest BCUT2D eigenvalue weighted by Gasteiger charge is 2.24. The Morgan fingerprint density at radius 2 is 1.85 bits per heavy atom. The number of hydrogen-bond acceptors (Lipinski definition) is 1. The third kappa shape index (κ3) is 5.24. The molecule has 0 spiro atoms. The lowest BCUT2D eigenvalue weighted by Crippen LogP contribution is -2.28. The Bertz CT molecular complexity index is 400. The van der Waals surface area contributed by atoms with Crippen LogP contribution in [0.25, 0.3) is 0 Å². The first-order valence-electron chi connectivity index (χ1n) is 7.74. The highest BCUT2D eigenvalue weighted by atomic mass is 19.1. The average Bonchev–Trinajstić information content (AvgIpc) is 2.31. The summed E-state index contributed by atoms with van der Waals surface area (Å²) in [6, 6.07) is 5.60. The summed E-state index contributed by atoms with van der Waals surface area (Å²) in [5, 5.41) is 3.58. The van der Waals surface area contributed by atoms with Crippen molar-refractivity contribution in [1.82, 2.24) is 5.32 Å². The molecule has 114 valence electrons. The molecule has 0 aromatic heterocycles. The molecular weight excluding hydrogens is 249 g/mol. The van der Waals surface area contributed by atoms with Crippen LogP contribution in [0.2, 0.25) is 0 Å². The van der Waals surface area contributed by atoms with Crippen molar-refractivity contribution in [3.8, 4) is 0 Å². The summed E-state index contributed by atoms with van der Waals surface area (Å²) in [6.07, 6.45) is 2.13. The molecule has 2 atom stereocenters. The van der Waals surface area contributed by atoms with Gasteiger partial charge >= 0.3 is 0 Å². The minimum Gasteiger partial charge on any atom is -0.310 e. The number of benzene rings is 1. The van der Waals surface area contributed by atoms with Crippen LogP contribution >= 0.6 is 0 Å². The van der Waals surface area contributed by atoms with Crippen LogP contribution in [-0.4, -0.2) is 6.54 Å². The second-order valence-corrected chi connectivity index (χ2v) is 7.07. The zero-order chi connectivity index (χ0) is 15.3. The topological polar surface area (TPSA) is 12.0 Å². The fraction of sp³-hybridized carbons (Fsp3) is 0.667. The van der Waals surface area contributed by atoms with Gasteiger partial charge in [-0.1, -0.05) is 40.7 Å². The van der Waals surface area contributed by atoms with Crippen molar-refractivity contribution in [2.75, 3.05) is 6.54 Å². The fourth-order valence-electron chi connectivity index (χ4n) is 2.33. The molecule has 1 aromatic carbocycles. The predicted octanol–water partition coefficient (Wildman–Crippen LogP) is 5.25. The molecule has 1 aromatic rings. The zero-order valence-corrected chi connectivity index (χ0v) is 13.9. The first-order valence-corrected chi connectivity index (χ1v) is 7.74. The summed E-state index contributed by atoms with van der Waals surface area (Å²) in [5.74, 6) is 0.437. The van der Waals surface area contributed by atoms with E-state index in [-0.39, 0.29) is 17.3 Å². The average molecular weight is 279 g/mol. The van der Waals surface area contributed by atoms with Crippen LogP contribution < -0.4 is 5.32 Å². The number of hydrogen-bond donors (Lipinski definition) is 1. The number of halogens is 1. The molecule has 0 bridgehead atoms. The Morgan fingerprint density at radius 3 is 2.35 bits per heavy atom. The molecule has 0 radical (unpaired) electrons. The maximum Gasteiger partial charge on any atom is 0.123 e. The van der Waals surface area contributed by atoms with Gasteiger partial charge in [-0.05, 0) is 60.9 Å². The monoisotopic (exact) mass is 279 g/mol. The largest absolute Gasteiger partial charge is 0.310 e. The quantitative estimate of drug-likeness (QED) is 0.750. The zero-order valence-electron chi connectivity index (χ0n) is 13.9. The Kier molecular flexibility index (Phi) is 6.19. The highest BCUT2D eigenvalue weighted by molar-refractivity contribution is 5.26. The summed E-state index contributed by atoms with van der Waals surface area (Å²) in [6.45, 7) is 14.2. The van der Waals surface area contributed by atoms with E-state index in [0.717, 1.165) is 30.5 Å². The first-order chi connectivity index (χ1) is 9.24. The van der Waals surface area contributed by atoms with Crippen molar-refractivity contribution < 1.29 is 4.39 Å². The van der Waals surface area contributed by atoms with E-state index in [1.807, 2.05) is 6.92 Å². The number of aryl methyl sites for hydroxylation is 1. The molecule has 2 unspecified atom stereocenters. The van der Waals surface area contributed by atoms with E-state index in [1.54, 1.807) is 12.1 Å². The second kappa shape index (κ2) is 7.21. The lowest BCUT2D eigenvalue weighted by molar-refractivity contribution is 0.223. The van der Waals surface area contributed by atoms with E-state index in [9.17, 15) is 4.39 Å². The Balaban J connectivity index is 2.93. The summed E-state index contributed by atoms with van der Waals surface area (Å²) in [4.78, 5) is 0. The van der Waals surface area contributed by atoms with E-state index in [2.05, 4.69) is 46.0 Å². The van der Waals surface area contributed by atoms with Gasteiger partial charge in [0, 0.05) is 6.04 Å². The molecule has 1 nitrogen and oxygen atoms in total. The van der Waals surface area contributed by atoms with Crippen LogP contribution in [0.1, 0.15) is 64.6 Å². The molecular formula is C18H30FN. The Hall–Kier alpha value is -0.890. The normalized spacial score (nSPS) is 15.2. The van der Waals surface area contributed by atoms with Gasteiger partial charge in [-0.2, -0.15) is 0 Å². The van der Waals surface area contributed by atoms with Crippen molar-refractivity contribution in [2.24, 2.45) is 11.3 Å². The molecule has 0 amide bonds. The first kappa shape index (κ1) is 17.2. The van der Waals surface area contributed by atoms with E-state index < -0.39 is 0 Å². The highest BCUT2D eigenvalue weighted by Crippen LogP contribution is 2.33. The van der Waals surface area contributed by atoms with Gasteiger partial charge in [0.1, 0.15) is 5.82 Å². The standard InChI is InChI=1S/C18H30FN/c1-7-8-20-17(11-14(3)18(4,5)6)15-9-13(2)10-16(19)12-15/h9-10,12,14,17,20H,7-8,11H2,1-6H3. The summed E-state index contributed by atoms with van der Waals surface area (Å²) < 4.78 is 13.7. The minimum absolute atomic E-state index is 0.133. The van der Waals surface area contributed by atoms with Crippen molar-refractivity contribution in [3.05, 3.63) is 35.1 Å². The maximum atomic E-state index is 13.7. The Labute approximate surface area is 124 Å². The molecule has 0 saturated heterocycles. The second-order valence-electron chi connectivity index (χ2n) is 7.07. The molecule has 2 heteroatoms. The van der Waals surface area contributed by atoms with E-state index in [1.165, 1.54) is 0 Å². The minimum atomic E-state index is -0.133. The van der Waals surface area contributed by atoms with Crippen LogP contribution in [0.4, 0.5) is 4.39 Å². The number of rotatable bonds is 6. The molecule has 0 aliphatic rings. The third-order valence-electron chi connectivity index (χ3n) is 4.18. The van der Waals surface area contributed by atoms with Crippen LogP contribution in [0.15, 0.2) is 18.2 Å². The van der Waals surface area contributed by atoms with Gasteiger partial charge in [-0.25, -0.2) is 4.39 Å². The molecule has 0 aliphatic heterocycles. The van der Waals surface area contributed by atoms with Gasteiger partial charge in [0.25, 0.3) is 0 Å². The van der Waals surface area contributed by atoms with Crippen LogP contribution in [-0.2, 0) is 0 Å². The van der Waals surface area contributed by atoms with Crippen molar-refractivity contribution in [3.63, 3.8) is 0 Å². The van der Waals surface area contributed by atoms with Crippen LogP contribution in [0.3, 0.4) is 0 Å². The van der Waals surface area contributed by atoms with Crippen LogP contribution in [0, 0.1) is 24.1 Å². The SMILES string of the molecule is CCCNC(CC(C)C(C)(C)C)c1cc(C)cc(F)c1. The van der Waals surface area contributed by atoms with Gasteiger partial charge in [-0.15, -0.1) is 0 Å². The fourth-order valence-corrected chi connectivity index (χ4v) is 2.33. The summed E-state index contributed by atoms with van der Waals surface area (Å²) in [5.41, 5.74) is 2.34. The molecule has 0 saturated carbocycles. The van der Waals surface area contributed by atoms with Crippen molar-refractivity contribution in [1.29, 1.82) is 0 Å². The maximum absolute atomic E-state index is 13.7. The van der Waals surface area contributed by atoms with Gasteiger partial charge in [0.05, 0.1) is 0 Å². The Morgan fingerprint density at radius 1 is 1.20 bits per heavy atom. The lowest BCUT2D eigenvalue weighted by Gasteiger charge is -2.31. The molecule has 0 fully saturated rings. The van der Waals surface area contributed by atoms with Crippen molar-refractivity contribution in [2.45, 2.75) is 60.4 Å². The number of nitrogens with one attached hydrogen (secondary N) is 1. The van der Waals surface area contributed by atoms with E-state index in [0.29, 0.717) is 5.92 Å². The molecule has 20 heavy (non-hydrogen) atoms. The van der Waals surface area contributed by atoms with Crippen molar-refractivity contribution >= 4 is 0 Å². The molecule has 0 heterocycles. The van der Waals surface area contributed by atoms with Gasteiger partial charge in [-0.3, -0.25) is 0 Å². The molecule has 1 rings (SSSR count). The molecule has 1 N–H and O–H groups in total. The van der Waals surface area contributed by atoms with Gasteiger partial charge in [0.15, 0.2) is 0 Å². The van der Waals surface area contributed by atoms with Gasteiger partial charge < -0.3 is 5.32 Å². The van der Waals surface area contributed by atoms with E-state index >= 15 is 0 Å². The van der Waals surface area contributed by atoms with E-state index in [4.69, 9.17) is 0 Å².